The summed E-state index contributed by atoms with van der Waals surface area (Å²) in [5, 5.41) is 6.90. The third-order valence-electron chi connectivity index (χ3n) is 2.03. The van der Waals surface area contributed by atoms with Gasteiger partial charge in [-0.1, -0.05) is 5.16 Å². The summed E-state index contributed by atoms with van der Waals surface area (Å²) in [5.74, 6) is 0.744. The molecule has 0 spiro atoms. The van der Waals surface area contributed by atoms with Crippen molar-refractivity contribution in [2.24, 2.45) is 0 Å². The molecule has 0 amide bonds. The molecule has 92 valence electrons. The van der Waals surface area contributed by atoms with Gasteiger partial charge in [0.2, 0.25) is 0 Å². The van der Waals surface area contributed by atoms with E-state index in [4.69, 9.17) is 14.0 Å². The molecule has 0 aliphatic rings. The van der Waals surface area contributed by atoms with E-state index in [0.29, 0.717) is 26.4 Å². The highest BCUT2D eigenvalue weighted by atomic mass is 16.5. The molecule has 0 saturated heterocycles. The molecule has 1 rings (SSSR count). The second-order valence-corrected chi connectivity index (χ2v) is 3.60. The van der Waals surface area contributed by atoms with Crippen LogP contribution in [0.1, 0.15) is 25.3 Å². The van der Waals surface area contributed by atoms with E-state index in [0.717, 1.165) is 11.5 Å². The predicted molar refractivity (Wildman–Crippen MR) is 60.0 cm³/mol. The molecule has 0 aliphatic heterocycles. The smallest absolute Gasteiger partial charge is 0.162 e. The monoisotopic (exact) mass is 228 g/mol. The minimum atomic E-state index is 0.0674. The average molecular weight is 228 g/mol. The van der Waals surface area contributed by atoms with Crippen LogP contribution in [0.15, 0.2) is 10.6 Å². The lowest BCUT2D eigenvalue weighted by atomic mass is 10.3. The van der Waals surface area contributed by atoms with Crippen LogP contribution in [0, 0.1) is 0 Å². The van der Waals surface area contributed by atoms with Gasteiger partial charge in [0.25, 0.3) is 0 Å². The summed E-state index contributed by atoms with van der Waals surface area (Å²) in [4.78, 5) is 0. The van der Waals surface area contributed by atoms with Gasteiger partial charge in [-0.2, -0.15) is 0 Å². The van der Waals surface area contributed by atoms with Crippen molar-refractivity contribution in [2.45, 2.75) is 33.1 Å². The van der Waals surface area contributed by atoms with Gasteiger partial charge in [0.15, 0.2) is 5.76 Å². The molecule has 5 heteroatoms. The molecule has 1 aromatic rings. The third-order valence-corrected chi connectivity index (χ3v) is 2.03. The Labute approximate surface area is 96.1 Å². The van der Waals surface area contributed by atoms with Crippen LogP contribution in [-0.4, -0.2) is 31.5 Å². The number of rotatable bonds is 8. The van der Waals surface area contributed by atoms with Gasteiger partial charge in [0, 0.05) is 19.2 Å². The second-order valence-electron chi connectivity index (χ2n) is 3.60. The van der Waals surface area contributed by atoms with Crippen molar-refractivity contribution in [3.05, 3.63) is 17.5 Å². The summed E-state index contributed by atoms with van der Waals surface area (Å²) in [6.45, 7) is 6.40. The van der Waals surface area contributed by atoms with E-state index in [1.54, 1.807) is 0 Å². The summed E-state index contributed by atoms with van der Waals surface area (Å²) in [7, 11) is 1.87. The largest absolute Gasteiger partial charge is 0.379 e. The zero-order valence-corrected chi connectivity index (χ0v) is 10.2. The average Bonchev–Trinajstić information content (AvgIpc) is 2.72. The quantitative estimate of drug-likeness (QED) is 0.727. The number of nitrogens with zero attached hydrogens (tertiary/aromatic N) is 1. The standard InChI is InChI=1S/C11H20N2O3/c1-4-14-7-9(2)15-8-11-5-10(6-12-3)13-16-11/h5,9,12H,4,6-8H2,1-3H3. The van der Waals surface area contributed by atoms with Gasteiger partial charge in [0.1, 0.15) is 6.61 Å². The van der Waals surface area contributed by atoms with E-state index in [1.807, 2.05) is 27.0 Å². The molecule has 1 heterocycles. The molecule has 5 nitrogen and oxygen atoms in total. The first-order chi connectivity index (χ1) is 7.76. The van der Waals surface area contributed by atoms with Crippen molar-refractivity contribution in [1.29, 1.82) is 0 Å². The van der Waals surface area contributed by atoms with Crippen LogP contribution in [0.2, 0.25) is 0 Å². The van der Waals surface area contributed by atoms with E-state index >= 15 is 0 Å². The Balaban J connectivity index is 2.25. The maximum absolute atomic E-state index is 5.54. The number of aromatic nitrogens is 1. The molecule has 16 heavy (non-hydrogen) atoms. The fourth-order valence-electron chi connectivity index (χ4n) is 1.24. The Morgan fingerprint density at radius 2 is 2.38 bits per heavy atom. The van der Waals surface area contributed by atoms with E-state index in [-0.39, 0.29) is 6.10 Å². The number of hydrogen-bond acceptors (Lipinski definition) is 5. The highest BCUT2D eigenvalue weighted by molar-refractivity contribution is 5.03. The summed E-state index contributed by atoms with van der Waals surface area (Å²) < 4.78 is 15.9. The molecule has 0 bridgehead atoms. The van der Waals surface area contributed by atoms with E-state index in [2.05, 4.69) is 10.5 Å². The van der Waals surface area contributed by atoms with E-state index in [1.165, 1.54) is 0 Å². The Morgan fingerprint density at radius 3 is 3.06 bits per heavy atom. The van der Waals surface area contributed by atoms with Crippen molar-refractivity contribution in [1.82, 2.24) is 10.5 Å². The molecule has 0 radical (unpaired) electrons. The number of ether oxygens (including phenoxy) is 2. The second kappa shape index (κ2) is 7.38. The Hall–Kier alpha value is -0.910. The first-order valence-electron chi connectivity index (χ1n) is 5.54. The van der Waals surface area contributed by atoms with Crippen molar-refractivity contribution >= 4 is 0 Å². The topological polar surface area (TPSA) is 56.5 Å². The maximum atomic E-state index is 5.54. The summed E-state index contributed by atoms with van der Waals surface area (Å²) in [5.41, 5.74) is 0.888. The summed E-state index contributed by atoms with van der Waals surface area (Å²) >= 11 is 0. The molecular formula is C11H20N2O3. The van der Waals surface area contributed by atoms with Gasteiger partial charge >= 0.3 is 0 Å². The summed E-state index contributed by atoms with van der Waals surface area (Å²) in [6, 6.07) is 1.89. The van der Waals surface area contributed by atoms with Crippen LogP contribution < -0.4 is 5.32 Å². The molecule has 0 fully saturated rings. The summed E-state index contributed by atoms with van der Waals surface area (Å²) in [6.07, 6.45) is 0.0674. The Morgan fingerprint density at radius 1 is 1.56 bits per heavy atom. The van der Waals surface area contributed by atoms with Crippen molar-refractivity contribution in [2.75, 3.05) is 20.3 Å². The minimum Gasteiger partial charge on any atom is -0.379 e. The molecule has 1 unspecified atom stereocenters. The SMILES string of the molecule is CCOCC(C)OCc1cc(CNC)no1. The lowest BCUT2D eigenvalue weighted by Gasteiger charge is -2.10. The van der Waals surface area contributed by atoms with Crippen LogP contribution in [0.25, 0.3) is 0 Å². The van der Waals surface area contributed by atoms with Gasteiger partial charge in [-0.15, -0.1) is 0 Å². The molecule has 1 N–H and O–H groups in total. The van der Waals surface area contributed by atoms with Crippen LogP contribution in [0.4, 0.5) is 0 Å². The maximum Gasteiger partial charge on any atom is 0.162 e. The molecule has 0 aliphatic carbocycles. The normalized spacial score (nSPS) is 12.9. The van der Waals surface area contributed by atoms with Crippen LogP contribution in [0.3, 0.4) is 0 Å². The fourth-order valence-corrected chi connectivity index (χ4v) is 1.24. The van der Waals surface area contributed by atoms with Gasteiger partial charge in [-0.3, -0.25) is 0 Å². The first-order valence-corrected chi connectivity index (χ1v) is 5.54. The Bertz CT molecular complexity index is 289. The fraction of sp³-hybridized carbons (Fsp3) is 0.727. The zero-order chi connectivity index (χ0) is 11.8. The molecule has 0 saturated carbocycles. The van der Waals surface area contributed by atoms with Crippen molar-refractivity contribution in [3.63, 3.8) is 0 Å². The zero-order valence-electron chi connectivity index (χ0n) is 10.2. The Kier molecular flexibility index (Phi) is 6.07. The van der Waals surface area contributed by atoms with E-state index in [9.17, 15) is 0 Å². The first kappa shape index (κ1) is 13.2. The van der Waals surface area contributed by atoms with Gasteiger partial charge in [-0.25, -0.2) is 0 Å². The van der Waals surface area contributed by atoms with Crippen LogP contribution in [-0.2, 0) is 22.6 Å². The highest BCUT2D eigenvalue weighted by Gasteiger charge is 2.06. The van der Waals surface area contributed by atoms with Crippen LogP contribution >= 0.6 is 0 Å². The molecule has 1 aromatic heterocycles. The minimum absolute atomic E-state index is 0.0674. The lowest BCUT2D eigenvalue weighted by molar-refractivity contribution is -0.0183. The van der Waals surface area contributed by atoms with Crippen molar-refractivity contribution in [3.8, 4) is 0 Å². The highest BCUT2D eigenvalue weighted by Crippen LogP contribution is 2.06. The van der Waals surface area contributed by atoms with Crippen LogP contribution in [0.5, 0.6) is 0 Å². The predicted octanol–water partition coefficient (Wildman–Crippen LogP) is 1.34. The number of hydrogen-bond donors (Lipinski definition) is 1. The van der Waals surface area contributed by atoms with Gasteiger partial charge in [0.05, 0.1) is 18.4 Å². The van der Waals surface area contributed by atoms with Gasteiger partial charge < -0.3 is 19.3 Å². The van der Waals surface area contributed by atoms with Gasteiger partial charge in [-0.05, 0) is 20.9 Å². The van der Waals surface area contributed by atoms with E-state index < -0.39 is 0 Å². The van der Waals surface area contributed by atoms with Crippen molar-refractivity contribution < 1.29 is 14.0 Å². The molecule has 1 atom stereocenters. The lowest BCUT2D eigenvalue weighted by Crippen LogP contribution is -2.15. The molecule has 0 aromatic carbocycles. The number of nitrogens with one attached hydrogen (secondary N) is 1. The third kappa shape index (κ3) is 4.74. The molecular weight excluding hydrogens is 208 g/mol.